The molecule has 0 aromatic heterocycles. The number of carbonyl (C=O) groups excluding carboxylic acids is 1. The second-order valence-corrected chi connectivity index (χ2v) is 6.09. The van der Waals surface area contributed by atoms with Crippen molar-refractivity contribution < 1.29 is 14.7 Å². The zero-order chi connectivity index (χ0) is 16.3. The number of amides is 1. The summed E-state index contributed by atoms with van der Waals surface area (Å²) in [5.74, 6) is -0.0866. The Morgan fingerprint density at radius 2 is 1.27 bits per heavy atom. The molecule has 0 saturated heterocycles. The van der Waals surface area contributed by atoms with E-state index in [1.54, 1.807) is 0 Å². The molecule has 132 valence electrons. The second kappa shape index (κ2) is 18.4. The van der Waals surface area contributed by atoms with E-state index in [4.69, 9.17) is 9.94 Å². The summed E-state index contributed by atoms with van der Waals surface area (Å²) in [6.45, 7) is 2.35. The molecular formula is C18H37NO3. The number of aliphatic hydroxyl groups excluding tert-OH is 1. The van der Waals surface area contributed by atoms with Gasteiger partial charge in [-0.3, -0.25) is 9.63 Å². The van der Waals surface area contributed by atoms with Crippen LogP contribution in [0.3, 0.4) is 0 Å². The molecule has 0 aromatic carbocycles. The highest BCUT2D eigenvalue weighted by Gasteiger charge is 2.00. The molecule has 0 radical (unpaired) electrons. The topological polar surface area (TPSA) is 58.6 Å². The molecule has 0 spiro atoms. The second-order valence-electron chi connectivity index (χ2n) is 6.09. The molecule has 0 aliphatic carbocycles. The Kier molecular flexibility index (Phi) is 17.9. The lowest BCUT2D eigenvalue weighted by atomic mass is 10.0. The number of rotatable bonds is 17. The van der Waals surface area contributed by atoms with Crippen LogP contribution in [-0.4, -0.2) is 24.2 Å². The first kappa shape index (κ1) is 21.4. The van der Waals surface area contributed by atoms with Crippen LogP contribution in [0.5, 0.6) is 0 Å². The zero-order valence-corrected chi connectivity index (χ0v) is 14.6. The van der Waals surface area contributed by atoms with Crippen LogP contribution in [0.15, 0.2) is 0 Å². The van der Waals surface area contributed by atoms with E-state index in [0.717, 1.165) is 12.8 Å². The predicted molar refractivity (Wildman–Crippen MR) is 91.5 cm³/mol. The van der Waals surface area contributed by atoms with Gasteiger partial charge in [0, 0.05) is 6.42 Å². The van der Waals surface area contributed by atoms with Crippen LogP contribution in [0.4, 0.5) is 0 Å². The van der Waals surface area contributed by atoms with Crippen molar-refractivity contribution in [1.29, 1.82) is 0 Å². The third-order valence-corrected chi connectivity index (χ3v) is 3.89. The van der Waals surface area contributed by atoms with Crippen molar-refractivity contribution in [2.45, 2.75) is 96.8 Å². The summed E-state index contributed by atoms with van der Waals surface area (Å²) in [6.07, 6.45) is 17.5. The van der Waals surface area contributed by atoms with Gasteiger partial charge in [-0.15, -0.1) is 0 Å². The summed E-state index contributed by atoms with van der Waals surface area (Å²) in [6, 6.07) is 0. The van der Waals surface area contributed by atoms with Crippen LogP contribution in [0.1, 0.15) is 96.8 Å². The maximum Gasteiger partial charge on any atom is 0.243 e. The maximum absolute atomic E-state index is 11.3. The molecule has 0 heterocycles. The van der Waals surface area contributed by atoms with Gasteiger partial charge in [-0.25, -0.2) is 5.48 Å². The fourth-order valence-electron chi connectivity index (χ4n) is 2.53. The third-order valence-electron chi connectivity index (χ3n) is 3.89. The van der Waals surface area contributed by atoms with E-state index in [9.17, 15) is 4.79 Å². The summed E-state index contributed by atoms with van der Waals surface area (Å²) in [5.41, 5.74) is 2.33. The first-order valence-electron chi connectivity index (χ1n) is 9.32. The summed E-state index contributed by atoms with van der Waals surface area (Å²) in [7, 11) is 0. The van der Waals surface area contributed by atoms with Crippen LogP contribution < -0.4 is 5.48 Å². The number of unbranched alkanes of at least 4 members (excludes halogenated alkanes) is 12. The quantitative estimate of drug-likeness (QED) is 0.307. The van der Waals surface area contributed by atoms with Gasteiger partial charge in [-0.2, -0.15) is 0 Å². The minimum Gasteiger partial charge on any atom is -0.394 e. The van der Waals surface area contributed by atoms with Gasteiger partial charge in [-0.1, -0.05) is 84.0 Å². The molecule has 0 unspecified atom stereocenters. The molecule has 0 fully saturated rings. The van der Waals surface area contributed by atoms with Crippen molar-refractivity contribution in [2.75, 3.05) is 13.2 Å². The van der Waals surface area contributed by atoms with Crippen molar-refractivity contribution in [3.63, 3.8) is 0 Å². The first-order chi connectivity index (χ1) is 10.8. The van der Waals surface area contributed by atoms with E-state index in [0.29, 0.717) is 6.42 Å². The fraction of sp³-hybridized carbons (Fsp3) is 0.944. The highest BCUT2D eigenvalue weighted by Crippen LogP contribution is 2.12. The lowest BCUT2D eigenvalue weighted by molar-refractivity contribution is -0.134. The van der Waals surface area contributed by atoms with Gasteiger partial charge in [0.05, 0.1) is 13.2 Å². The molecule has 0 atom stereocenters. The fourth-order valence-corrected chi connectivity index (χ4v) is 2.53. The largest absolute Gasteiger partial charge is 0.394 e. The van der Waals surface area contributed by atoms with E-state index in [1.165, 1.54) is 70.6 Å². The van der Waals surface area contributed by atoms with E-state index < -0.39 is 0 Å². The van der Waals surface area contributed by atoms with Gasteiger partial charge in [0.2, 0.25) is 5.91 Å². The highest BCUT2D eigenvalue weighted by atomic mass is 16.7. The summed E-state index contributed by atoms with van der Waals surface area (Å²) in [4.78, 5) is 16.1. The summed E-state index contributed by atoms with van der Waals surface area (Å²) >= 11 is 0. The standard InChI is InChI=1S/C18H37NO3/c1-2-3-4-5-6-7-8-9-10-11-12-13-14-15-18(21)19-22-17-16-20/h20H,2-17H2,1H3,(H,19,21). The number of nitrogens with one attached hydrogen (secondary N) is 1. The number of hydrogen-bond donors (Lipinski definition) is 2. The lowest BCUT2D eigenvalue weighted by Gasteiger charge is -2.05. The highest BCUT2D eigenvalue weighted by molar-refractivity contribution is 5.74. The third kappa shape index (κ3) is 17.4. The van der Waals surface area contributed by atoms with Crippen molar-refractivity contribution in [3.05, 3.63) is 0 Å². The molecular weight excluding hydrogens is 278 g/mol. The lowest BCUT2D eigenvalue weighted by Crippen LogP contribution is -2.24. The molecule has 0 saturated carbocycles. The monoisotopic (exact) mass is 315 g/mol. The van der Waals surface area contributed by atoms with E-state index in [-0.39, 0.29) is 19.1 Å². The van der Waals surface area contributed by atoms with E-state index in [2.05, 4.69) is 12.4 Å². The zero-order valence-electron chi connectivity index (χ0n) is 14.6. The molecule has 0 bridgehead atoms. The van der Waals surface area contributed by atoms with Crippen LogP contribution in [0, 0.1) is 0 Å². The van der Waals surface area contributed by atoms with E-state index >= 15 is 0 Å². The van der Waals surface area contributed by atoms with Crippen molar-refractivity contribution in [3.8, 4) is 0 Å². The Morgan fingerprint density at radius 3 is 1.73 bits per heavy atom. The molecule has 22 heavy (non-hydrogen) atoms. The Labute approximate surface area is 137 Å². The number of carbonyl (C=O) groups is 1. The molecule has 4 nitrogen and oxygen atoms in total. The molecule has 0 aromatic rings. The van der Waals surface area contributed by atoms with Crippen molar-refractivity contribution in [1.82, 2.24) is 5.48 Å². The summed E-state index contributed by atoms with van der Waals surface area (Å²) in [5, 5.41) is 8.50. The van der Waals surface area contributed by atoms with Gasteiger partial charge in [0.15, 0.2) is 0 Å². The van der Waals surface area contributed by atoms with Crippen LogP contribution >= 0.6 is 0 Å². The van der Waals surface area contributed by atoms with Gasteiger partial charge < -0.3 is 5.11 Å². The molecule has 2 N–H and O–H groups in total. The number of hydrogen-bond acceptors (Lipinski definition) is 3. The normalized spacial score (nSPS) is 10.8. The molecule has 0 aliphatic rings. The minimum atomic E-state index is -0.0866. The first-order valence-corrected chi connectivity index (χ1v) is 9.32. The predicted octanol–water partition coefficient (Wildman–Crippen LogP) is 4.51. The smallest absolute Gasteiger partial charge is 0.243 e. The Bertz CT molecular complexity index is 234. The Balaban J connectivity index is 3.06. The van der Waals surface area contributed by atoms with Gasteiger partial charge in [0.25, 0.3) is 0 Å². The van der Waals surface area contributed by atoms with Gasteiger partial charge >= 0.3 is 0 Å². The van der Waals surface area contributed by atoms with Crippen LogP contribution in [0.25, 0.3) is 0 Å². The average Bonchev–Trinajstić information content (AvgIpc) is 2.52. The molecule has 4 heteroatoms. The molecule has 0 aliphatic heterocycles. The van der Waals surface area contributed by atoms with Crippen LogP contribution in [0.2, 0.25) is 0 Å². The summed E-state index contributed by atoms with van der Waals surface area (Å²) < 4.78 is 0. The molecule has 1 amide bonds. The van der Waals surface area contributed by atoms with Crippen molar-refractivity contribution >= 4 is 5.91 Å². The SMILES string of the molecule is CCCCCCCCCCCCCCCC(=O)NOCCO. The Hall–Kier alpha value is -0.610. The Morgan fingerprint density at radius 1 is 0.818 bits per heavy atom. The number of aliphatic hydroxyl groups is 1. The van der Waals surface area contributed by atoms with Gasteiger partial charge in [-0.05, 0) is 6.42 Å². The average molecular weight is 315 g/mol. The van der Waals surface area contributed by atoms with Crippen LogP contribution in [-0.2, 0) is 9.63 Å². The van der Waals surface area contributed by atoms with Gasteiger partial charge in [0.1, 0.15) is 0 Å². The number of hydroxylamine groups is 1. The van der Waals surface area contributed by atoms with Crippen molar-refractivity contribution in [2.24, 2.45) is 0 Å². The minimum absolute atomic E-state index is 0.0704. The maximum atomic E-state index is 11.3. The molecule has 0 rings (SSSR count). The van der Waals surface area contributed by atoms with E-state index in [1.807, 2.05) is 0 Å².